The zero-order chi connectivity index (χ0) is 15.9. The summed E-state index contributed by atoms with van der Waals surface area (Å²) in [6.07, 6.45) is 0. The number of para-hydroxylation sites is 1. The number of nitrogens with one attached hydrogen (secondary N) is 1. The maximum absolute atomic E-state index is 13.6. The fraction of sp³-hybridized carbons (Fsp3) is 0.0625. The fourth-order valence-corrected chi connectivity index (χ4v) is 1.68. The first-order chi connectivity index (χ1) is 10.6. The molecule has 0 fully saturated rings. The maximum Gasteiger partial charge on any atom is 0.341 e. The number of esters is 1. The van der Waals surface area contributed by atoms with E-state index in [2.05, 4.69) is 5.32 Å². The number of rotatable bonds is 4. The van der Waals surface area contributed by atoms with Gasteiger partial charge in [0.2, 0.25) is 0 Å². The van der Waals surface area contributed by atoms with Crippen LogP contribution in [0.25, 0.3) is 0 Å². The van der Waals surface area contributed by atoms with E-state index in [1.165, 1.54) is 6.07 Å². The third kappa shape index (κ3) is 3.90. The van der Waals surface area contributed by atoms with Crippen molar-refractivity contribution in [2.75, 3.05) is 11.9 Å². The van der Waals surface area contributed by atoms with Crippen LogP contribution in [0.15, 0.2) is 48.5 Å². The predicted octanol–water partition coefficient (Wildman–Crippen LogP) is 2.49. The van der Waals surface area contributed by atoms with Crippen LogP contribution in [0.4, 0.5) is 10.1 Å². The molecular formula is C16H11FN2O3. The van der Waals surface area contributed by atoms with Crippen LogP contribution in [0.3, 0.4) is 0 Å². The molecular weight excluding hydrogens is 287 g/mol. The van der Waals surface area contributed by atoms with Gasteiger partial charge in [0.1, 0.15) is 5.82 Å². The molecule has 2 aromatic carbocycles. The van der Waals surface area contributed by atoms with Crippen LogP contribution in [0.5, 0.6) is 0 Å². The molecule has 22 heavy (non-hydrogen) atoms. The number of carbonyl (C=O) groups excluding carboxylic acids is 2. The van der Waals surface area contributed by atoms with Gasteiger partial charge < -0.3 is 10.1 Å². The van der Waals surface area contributed by atoms with Gasteiger partial charge in [0.15, 0.2) is 6.61 Å². The van der Waals surface area contributed by atoms with Crippen molar-refractivity contribution in [2.24, 2.45) is 0 Å². The molecule has 110 valence electrons. The normalized spacial score (nSPS) is 9.64. The molecule has 0 aliphatic carbocycles. The monoisotopic (exact) mass is 298 g/mol. The quantitative estimate of drug-likeness (QED) is 0.879. The van der Waals surface area contributed by atoms with E-state index in [4.69, 9.17) is 10.00 Å². The Balaban J connectivity index is 1.93. The second-order valence-corrected chi connectivity index (χ2v) is 4.30. The van der Waals surface area contributed by atoms with Crippen molar-refractivity contribution in [3.8, 4) is 6.07 Å². The summed E-state index contributed by atoms with van der Waals surface area (Å²) in [5.74, 6) is -2.37. The van der Waals surface area contributed by atoms with Gasteiger partial charge in [-0.25, -0.2) is 9.18 Å². The third-order valence-corrected chi connectivity index (χ3v) is 2.71. The average Bonchev–Trinajstić information content (AvgIpc) is 2.53. The minimum absolute atomic E-state index is 0.0934. The number of amides is 1. The number of anilines is 1. The molecule has 0 saturated carbocycles. The molecule has 0 aliphatic heterocycles. The van der Waals surface area contributed by atoms with E-state index in [0.717, 1.165) is 12.1 Å². The molecule has 6 heteroatoms. The van der Waals surface area contributed by atoms with Crippen molar-refractivity contribution < 1.29 is 18.7 Å². The molecule has 0 saturated heterocycles. The second kappa shape index (κ2) is 6.99. The van der Waals surface area contributed by atoms with Crippen molar-refractivity contribution in [1.82, 2.24) is 0 Å². The van der Waals surface area contributed by atoms with Crippen molar-refractivity contribution in [3.05, 3.63) is 65.5 Å². The molecule has 2 aromatic rings. The first-order valence-corrected chi connectivity index (χ1v) is 6.32. The highest BCUT2D eigenvalue weighted by atomic mass is 19.1. The Kier molecular flexibility index (Phi) is 4.83. The molecule has 1 amide bonds. The number of carbonyl (C=O) groups is 2. The van der Waals surface area contributed by atoms with E-state index < -0.39 is 24.3 Å². The minimum atomic E-state index is -0.967. The molecule has 0 bridgehead atoms. The van der Waals surface area contributed by atoms with Gasteiger partial charge in [-0.15, -0.1) is 0 Å². The van der Waals surface area contributed by atoms with E-state index in [-0.39, 0.29) is 11.1 Å². The van der Waals surface area contributed by atoms with Gasteiger partial charge >= 0.3 is 5.97 Å². The van der Waals surface area contributed by atoms with Crippen molar-refractivity contribution in [2.45, 2.75) is 0 Å². The highest BCUT2D eigenvalue weighted by Gasteiger charge is 2.15. The summed E-state index contributed by atoms with van der Waals surface area (Å²) < 4.78 is 18.3. The Morgan fingerprint density at radius 2 is 1.91 bits per heavy atom. The molecule has 0 spiro atoms. The minimum Gasteiger partial charge on any atom is -0.452 e. The van der Waals surface area contributed by atoms with Gasteiger partial charge in [0.25, 0.3) is 5.91 Å². The van der Waals surface area contributed by atoms with E-state index in [1.807, 2.05) is 0 Å². The fourth-order valence-electron chi connectivity index (χ4n) is 1.68. The summed E-state index contributed by atoms with van der Waals surface area (Å²) in [4.78, 5) is 23.3. The van der Waals surface area contributed by atoms with Crippen molar-refractivity contribution in [1.29, 1.82) is 5.26 Å². The van der Waals surface area contributed by atoms with Crippen LogP contribution in [-0.4, -0.2) is 18.5 Å². The number of benzene rings is 2. The Morgan fingerprint density at radius 1 is 1.18 bits per heavy atom. The standard InChI is InChI=1S/C16H11FN2O3/c17-14-8-11(9-18)6-7-13(14)16(21)22-10-15(20)19-12-4-2-1-3-5-12/h1-8H,10H2,(H,19,20). The first-order valence-electron chi connectivity index (χ1n) is 6.32. The molecule has 0 aliphatic rings. The van der Waals surface area contributed by atoms with Gasteiger partial charge in [0.05, 0.1) is 17.2 Å². The lowest BCUT2D eigenvalue weighted by atomic mass is 10.1. The smallest absolute Gasteiger partial charge is 0.341 e. The summed E-state index contributed by atoms with van der Waals surface area (Å²) in [5.41, 5.74) is 0.329. The predicted molar refractivity (Wildman–Crippen MR) is 76.5 cm³/mol. The number of hydrogen-bond donors (Lipinski definition) is 1. The van der Waals surface area contributed by atoms with Crippen molar-refractivity contribution in [3.63, 3.8) is 0 Å². The second-order valence-electron chi connectivity index (χ2n) is 4.30. The maximum atomic E-state index is 13.6. The van der Waals surface area contributed by atoms with Gasteiger partial charge in [-0.1, -0.05) is 18.2 Å². The lowest BCUT2D eigenvalue weighted by Crippen LogP contribution is -2.21. The summed E-state index contributed by atoms with van der Waals surface area (Å²) in [6.45, 7) is -0.535. The van der Waals surface area contributed by atoms with E-state index >= 15 is 0 Å². The van der Waals surface area contributed by atoms with Gasteiger partial charge in [-0.3, -0.25) is 4.79 Å². The van der Waals surface area contributed by atoms with Crippen LogP contribution < -0.4 is 5.32 Å². The largest absolute Gasteiger partial charge is 0.452 e. The topological polar surface area (TPSA) is 79.2 Å². The van der Waals surface area contributed by atoms with Crippen LogP contribution in [0, 0.1) is 17.1 Å². The summed E-state index contributed by atoms with van der Waals surface area (Å²) in [5, 5.41) is 11.2. The number of hydrogen-bond acceptors (Lipinski definition) is 4. The molecule has 0 atom stereocenters. The molecule has 0 unspecified atom stereocenters. The molecule has 1 N–H and O–H groups in total. The SMILES string of the molecule is N#Cc1ccc(C(=O)OCC(=O)Nc2ccccc2)c(F)c1. The number of nitriles is 1. The highest BCUT2D eigenvalue weighted by molar-refractivity contribution is 5.95. The van der Waals surface area contributed by atoms with E-state index in [9.17, 15) is 14.0 Å². The Hall–Kier alpha value is -3.20. The van der Waals surface area contributed by atoms with Crippen LogP contribution >= 0.6 is 0 Å². The van der Waals surface area contributed by atoms with Gasteiger partial charge in [-0.2, -0.15) is 5.26 Å². The molecule has 2 rings (SSSR count). The Bertz CT molecular complexity index is 739. The first kappa shape index (κ1) is 15.2. The van der Waals surface area contributed by atoms with E-state index in [0.29, 0.717) is 5.69 Å². The Labute approximate surface area is 125 Å². The lowest BCUT2D eigenvalue weighted by Gasteiger charge is -2.07. The van der Waals surface area contributed by atoms with Crippen LogP contribution in [0.1, 0.15) is 15.9 Å². The van der Waals surface area contributed by atoms with Crippen LogP contribution in [-0.2, 0) is 9.53 Å². The zero-order valence-electron chi connectivity index (χ0n) is 11.4. The number of halogens is 1. The number of nitrogens with zero attached hydrogens (tertiary/aromatic N) is 1. The number of ether oxygens (including phenoxy) is 1. The lowest BCUT2D eigenvalue weighted by molar-refractivity contribution is -0.119. The third-order valence-electron chi connectivity index (χ3n) is 2.71. The van der Waals surface area contributed by atoms with Crippen molar-refractivity contribution >= 4 is 17.6 Å². The van der Waals surface area contributed by atoms with Gasteiger partial charge in [0, 0.05) is 5.69 Å². The molecule has 5 nitrogen and oxygen atoms in total. The zero-order valence-corrected chi connectivity index (χ0v) is 11.4. The molecule has 0 heterocycles. The molecule has 0 aromatic heterocycles. The van der Waals surface area contributed by atoms with Crippen LogP contribution in [0.2, 0.25) is 0 Å². The summed E-state index contributed by atoms with van der Waals surface area (Å²) in [6, 6.07) is 13.8. The van der Waals surface area contributed by atoms with E-state index in [1.54, 1.807) is 36.4 Å². The summed E-state index contributed by atoms with van der Waals surface area (Å²) >= 11 is 0. The average molecular weight is 298 g/mol. The summed E-state index contributed by atoms with van der Waals surface area (Å²) in [7, 11) is 0. The molecule has 0 radical (unpaired) electrons. The highest BCUT2D eigenvalue weighted by Crippen LogP contribution is 2.11. The Morgan fingerprint density at radius 3 is 2.55 bits per heavy atom. The van der Waals surface area contributed by atoms with Gasteiger partial charge in [-0.05, 0) is 30.3 Å².